The van der Waals surface area contributed by atoms with Gasteiger partial charge in [0.1, 0.15) is 73.2 Å². The molecule has 12 N–H and O–H groups in total. The van der Waals surface area contributed by atoms with Gasteiger partial charge in [0.2, 0.25) is 5.91 Å². The number of aliphatic hydroxyl groups excluding tert-OH is 11. The molecule has 3 rings (SSSR count). The van der Waals surface area contributed by atoms with Crippen LogP contribution in [-0.2, 0) is 33.2 Å². The second-order valence-electron chi connectivity index (χ2n) is 30.3. The van der Waals surface area contributed by atoms with E-state index in [0.29, 0.717) is 12.8 Å². The molecule has 0 aromatic heterocycles. The molecule has 105 heavy (non-hydrogen) atoms. The second kappa shape index (κ2) is 65.9. The first-order chi connectivity index (χ1) is 51.3. The van der Waals surface area contributed by atoms with Crippen molar-refractivity contribution in [3.63, 3.8) is 0 Å². The van der Waals surface area contributed by atoms with E-state index < -0.39 is 124 Å². The van der Waals surface area contributed by atoms with E-state index >= 15 is 0 Å². The molecule has 3 aliphatic rings. The van der Waals surface area contributed by atoms with Crippen molar-refractivity contribution in [2.24, 2.45) is 0 Å². The van der Waals surface area contributed by atoms with Gasteiger partial charge < -0.3 is 89.9 Å². The minimum Gasteiger partial charge on any atom is -0.394 e. The fraction of sp³-hybridized carbons (Fsp3) is 0.849. The fourth-order valence-electron chi connectivity index (χ4n) is 14.2. The highest BCUT2D eigenvalue weighted by Crippen LogP contribution is 2.33. The molecular weight excluding hydrogens is 1330 g/mol. The lowest BCUT2D eigenvalue weighted by Crippen LogP contribution is -2.66. The van der Waals surface area contributed by atoms with Crippen LogP contribution in [0.5, 0.6) is 0 Å². The van der Waals surface area contributed by atoms with Crippen molar-refractivity contribution in [1.82, 2.24) is 5.32 Å². The molecule has 0 radical (unpaired) electrons. The summed E-state index contributed by atoms with van der Waals surface area (Å²) in [7, 11) is 0. The molecule has 3 saturated heterocycles. The minimum atomic E-state index is -1.98. The smallest absolute Gasteiger partial charge is 0.220 e. The summed E-state index contributed by atoms with van der Waals surface area (Å²) in [5.41, 5.74) is 0. The van der Waals surface area contributed by atoms with Gasteiger partial charge in [0.15, 0.2) is 18.9 Å². The highest BCUT2D eigenvalue weighted by Gasteiger charge is 2.54. The zero-order chi connectivity index (χ0) is 76.0. The van der Waals surface area contributed by atoms with E-state index in [-0.39, 0.29) is 18.9 Å². The third kappa shape index (κ3) is 45.4. The molecule has 3 heterocycles. The first-order valence-corrected chi connectivity index (χ1v) is 42.7. The Hall–Kier alpha value is -2.77. The van der Waals surface area contributed by atoms with Crippen molar-refractivity contribution in [2.75, 3.05) is 26.4 Å². The Bertz CT molecular complexity index is 2180. The first kappa shape index (κ1) is 96.4. The van der Waals surface area contributed by atoms with Gasteiger partial charge in [-0.05, 0) is 70.6 Å². The number of hydrogen-bond acceptors (Lipinski definition) is 18. The van der Waals surface area contributed by atoms with Crippen LogP contribution in [0.2, 0.25) is 0 Å². The lowest BCUT2D eigenvalue weighted by molar-refractivity contribution is -0.379. The van der Waals surface area contributed by atoms with Crippen molar-refractivity contribution in [1.29, 1.82) is 0 Å². The van der Waals surface area contributed by atoms with Gasteiger partial charge in [0, 0.05) is 6.42 Å². The standard InChI is InChI=1S/C86H155NO18/c1-3-5-7-9-11-13-15-17-19-21-23-25-27-29-31-32-33-34-35-36-38-39-41-43-45-47-49-51-53-55-57-59-61-63-70(91)69(87-74(92)64-62-60-58-56-54-52-50-48-46-44-42-40-37-30-28-26-24-22-20-18-16-14-12-10-8-6-4-2)68-100-84-80(98)77(95)82(72(66-89)102-84)105-86-81(99)78(96)83(73(67-90)103-86)104-85-79(97)76(94)75(93)71(65-88)101-85/h6,8,12,14,18,20,24,26,53,55,61,63,69-73,75-86,88-91,93-99H,3-5,7,9-11,13,15-17,19,21-23,25,27-52,54,56-60,62,64-68H2,1-2H3,(H,87,92)/b8-6-,14-12-,20-18-,26-24-,55-53+,63-61+. The Morgan fingerprint density at radius 1 is 0.352 bits per heavy atom. The lowest BCUT2D eigenvalue weighted by Gasteiger charge is -2.48. The predicted octanol–water partition coefficient (Wildman–Crippen LogP) is 15.2. The number of nitrogens with one attached hydrogen (secondary N) is 1. The highest BCUT2D eigenvalue weighted by atomic mass is 16.8. The number of hydrogen-bond donors (Lipinski definition) is 12. The zero-order valence-corrected chi connectivity index (χ0v) is 65.7. The average Bonchev–Trinajstić information content (AvgIpc) is 0.781. The number of unbranched alkanes of at least 4 members (excludes halogenated alkanes) is 42. The Morgan fingerprint density at radius 3 is 1.07 bits per heavy atom. The van der Waals surface area contributed by atoms with Gasteiger partial charge in [0.25, 0.3) is 0 Å². The van der Waals surface area contributed by atoms with Crippen LogP contribution < -0.4 is 5.32 Å². The van der Waals surface area contributed by atoms with Crippen LogP contribution in [0.25, 0.3) is 0 Å². The van der Waals surface area contributed by atoms with Gasteiger partial charge >= 0.3 is 0 Å². The molecular formula is C86H155NO18. The van der Waals surface area contributed by atoms with Crippen molar-refractivity contribution in [3.8, 4) is 0 Å². The number of aliphatic hydroxyl groups is 11. The molecule has 0 aromatic carbocycles. The maximum Gasteiger partial charge on any atom is 0.220 e. The molecule has 19 heteroatoms. The van der Waals surface area contributed by atoms with E-state index in [1.54, 1.807) is 6.08 Å². The largest absolute Gasteiger partial charge is 0.394 e. The molecule has 3 aliphatic heterocycles. The van der Waals surface area contributed by atoms with Crippen LogP contribution in [0.1, 0.15) is 335 Å². The predicted molar refractivity (Wildman–Crippen MR) is 420 cm³/mol. The van der Waals surface area contributed by atoms with Crippen LogP contribution in [0.4, 0.5) is 0 Å². The Labute approximate surface area is 636 Å². The summed E-state index contributed by atoms with van der Waals surface area (Å²) >= 11 is 0. The molecule has 0 bridgehead atoms. The number of amides is 1. The Morgan fingerprint density at radius 2 is 0.667 bits per heavy atom. The van der Waals surface area contributed by atoms with E-state index in [2.05, 4.69) is 79.9 Å². The van der Waals surface area contributed by atoms with E-state index in [0.717, 1.165) is 70.6 Å². The molecule has 17 unspecified atom stereocenters. The van der Waals surface area contributed by atoms with Crippen molar-refractivity contribution in [2.45, 2.75) is 439 Å². The quantitative estimate of drug-likeness (QED) is 0.0199. The summed E-state index contributed by atoms with van der Waals surface area (Å²) in [4.78, 5) is 13.5. The van der Waals surface area contributed by atoms with Crippen LogP contribution in [0.3, 0.4) is 0 Å². The van der Waals surface area contributed by atoms with Crippen LogP contribution in [0, 0.1) is 0 Å². The molecule has 0 aromatic rings. The SMILES string of the molecule is CC/C=C\C/C=C\C/C=C\C/C=C\CCCCCCCCCCCCCCCCC(=O)NC(COC1OC(CO)C(OC2OC(CO)C(OC3OC(CO)C(O)C(O)C3O)C(O)C2O)C(O)C1O)C(O)/C=C/CC/C=C/CCCCCCCCCCCCCCCCCCCCCCCCCCCCC. The Kier molecular flexibility index (Phi) is 60.5. The van der Waals surface area contributed by atoms with Crippen molar-refractivity contribution in [3.05, 3.63) is 72.9 Å². The number of rotatable bonds is 68. The van der Waals surface area contributed by atoms with Gasteiger partial charge in [-0.15, -0.1) is 0 Å². The van der Waals surface area contributed by atoms with Gasteiger partial charge in [-0.25, -0.2) is 0 Å². The van der Waals surface area contributed by atoms with Gasteiger partial charge in [-0.3, -0.25) is 4.79 Å². The van der Waals surface area contributed by atoms with Gasteiger partial charge in [0.05, 0.1) is 38.6 Å². The summed E-state index contributed by atoms with van der Waals surface area (Å²) in [5.74, 6) is -0.284. The van der Waals surface area contributed by atoms with Crippen molar-refractivity contribution < 1.29 is 89.4 Å². The summed E-state index contributed by atoms with van der Waals surface area (Å²) in [6.07, 6.45) is 60.5. The topological polar surface area (TPSA) is 307 Å². The molecule has 612 valence electrons. The third-order valence-corrected chi connectivity index (χ3v) is 21.0. The molecule has 19 nitrogen and oxygen atoms in total. The summed E-state index contributed by atoms with van der Waals surface area (Å²) < 4.78 is 34.5. The zero-order valence-electron chi connectivity index (χ0n) is 65.7. The van der Waals surface area contributed by atoms with Crippen LogP contribution in [-0.4, -0.2) is 193 Å². The molecule has 3 fully saturated rings. The minimum absolute atomic E-state index is 0.232. The van der Waals surface area contributed by atoms with E-state index in [9.17, 15) is 61.0 Å². The number of allylic oxidation sites excluding steroid dienone is 11. The fourth-order valence-corrected chi connectivity index (χ4v) is 14.2. The number of carbonyl (C=O) groups is 1. The molecule has 0 aliphatic carbocycles. The summed E-state index contributed by atoms with van der Waals surface area (Å²) in [6, 6.07) is -0.996. The molecule has 0 saturated carbocycles. The maximum atomic E-state index is 13.5. The lowest BCUT2D eigenvalue weighted by atomic mass is 9.96. The normalized spacial score (nSPS) is 26.1. The molecule has 1 amide bonds. The first-order valence-electron chi connectivity index (χ1n) is 42.7. The third-order valence-electron chi connectivity index (χ3n) is 21.0. The highest BCUT2D eigenvalue weighted by molar-refractivity contribution is 5.76. The van der Waals surface area contributed by atoms with E-state index in [1.165, 1.54) is 231 Å². The van der Waals surface area contributed by atoms with Crippen LogP contribution in [0.15, 0.2) is 72.9 Å². The van der Waals surface area contributed by atoms with Gasteiger partial charge in [-0.2, -0.15) is 0 Å². The maximum absolute atomic E-state index is 13.5. The molecule has 0 spiro atoms. The van der Waals surface area contributed by atoms with Gasteiger partial charge in [-0.1, -0.05) is 331 Å². The number of carbonyl (C=O) groups excluding carboxylic acids is 1. The van der Waals surface area contributed by atoms with Crippen LogP contribution >= 0.6 is 0 Å². The monoisotopic (exact) mass is 1490 g/mol. The second-order valence-corrected chi connectivity index (χ2v) is 30.3. The Balaban J connectivity index is 1.36. The van der Waals surface area contributed by atoms with E-state index in [1.807, 2.05) is 6.08 Å². The molecule has 17 atom stereocenters. The number of ether oxygens (including phenoxy) is 6. The van der Waals surface area contributed by atoms with Crippen molar-refractivity contribution >= 4 is 5.91 Å². The van der Waals surface area contributed by atoms with E-state index in [4.69, 9.17) is 28.4 Å². The summed E-state index contributed by atoms with van der Waals surface area (Å²) in [5, 5.41) is 121. The summed E-state index contributed by atoms with van der Waals surface area (Å²) in [6.45, 7) is 1.65. The average molecular weight is 1490 g/mol.